The first-order valence-electron chi connectivity index (χ1n) is 10.4. The number of nitrogens with zero attached hydrogens (tertiary/aromatic N) is 3. The molecule has 3 rings (SSSR count). The van der Waals surface area contributed by atoms with Crippen LogP contribution in [0.1, 0.15) is 5.56 Å². The largest absolute Gasteiger partial charge is 0.378 e. The molecule has 0 atom stereocenters. The van der Waals surface area contributed by atoms with Gasteiger partial charge in [-0.1, -0.05) is 30.3 Å². The van der Waals surface area contributed by atoms with E-state index in [1.165, 1.54) is 11.8 Å². The quantitative estimate of drug-likeness (QED) is 0.622. The van der Waals surface area contributed by atoms with Crippen molar-refractivity contribution in [3.05, 3.63) is 35.9 Å². The zero-order chi connectivity index (χ0) is 21.2. The Bertz CT molecular complexity index is 704. The van der Waals surface area contributed by atoms with Crippen LogP contribution in [0.25, 0.3) is 0 Å². The number of benzene rings is 1. The minimum atomic E-state index is -0.00388. The Morgan fingerprint density at radius 3 is 2.10 bits per heavy atom. The molecule has 2 heterocycles. The van der Waals surface area contributed by atoms with Crippen LogP contribution in [0.5, 0.6) is 0 Å². The van der Waals surface area contributed by atoms with E-state index in [4.69, 9.17) is 4.74 Å². The lowest BCUT2D eigenvalue weighted by Crippen LogP contribution is -2.51. The number of nitrogens with one attached hydrogen (secondary N) is 1. The van der Waals surface area contributed by atoms with Gasteiger partial charge < -0.3 is 19.9 Å². The SMILES string of the molecule is O=C(CN1CCN(C(=O)CSCC(=O)N2CCOCC2)CC1)NCc1ccccc1. The maximum atomic E-state index is 12.4. The van der Waals surface area contributed by atoms with Gasteiger partial charge in [-0.2, -0.15) is 0 Å². The first-order valence-corrected chi connectivity index (χ1v) is 11.5. The highest BCUT2D eigenvalue weighted by molar-refractivity contribution is 8.00. The van der Waals surface area contributed by atoms with Crippen molar-refractivity contribution >= 4 is 29.5 Å². The molecule has 164 valence electrons. The van der Waals surface area contributed by atoms with Gasteiger partial charge in [-0.05, 0) is 5.56 Å². The molecule has 0 aromatic heterocycles. The Kier molecular flexibility index (Phi) is 8.98. The number of hydrogen-bond donors (Lipinski definition) is 1. The minimum Gasteiger partial charge on any atom is -0.378 e. The summed E-state index contributed by atoms with van der Waals surface area (Å²) in [6.45, 7) is 5.90. The fraction of sp³-hybridized carbons (Fsp3) is 0.571. The number of rotatable bonds is 8. The van der Waals surface area contributed by atoms with E-state index in [0.29, 0.717) is 77.1 Å². The normalized spacial score (nSPS) is 17.6. The number of hydrogen-bond acceptors (Lipinski definition) is 6. The molecule has 2 saturated heterocycles. The maximum Gasteiger partial charge on any atom is 0.234 e. The molecule has 2 aliphatic rings. The van der Waals surface area contributed by atoms with E-state index in [9.17, 15) is 14.4 Å². The van der Waals surface area contributed by atoms with E-state index in [1.807, 2.05) is 35.2 Å². The third kappa shape index (κ3) is 7.30. The number of carbonyl (C=O) groups excluding carboxylic acids is 3. The Morgan fingerprint density at radius 1 is 0.867 bits per heavy atom. The van der Waals surface area contributed by atoms with Crippen LogP contribution in [0.15, 0.2) is 30.3 Å². The lowest BCUT2D eigenvalue weighted by Gasteiger charge is -2.34. The summed E-state index contributed by atoms with van der Waals surface area (Å²) >= 11 is 1.37. The summed E-state index contributed by atoms with van der Waals surface area (Å²) in [7, 11) is 0. The summed E-state index contributed by atoms with van der Waals surface area (Å²) in [4.78, 5) is 42.4. The summed E-state index contributed by atoms with van der Waals surface area (Å²) in [6.07, 6.45) is 0. The fourth-order valence-electron chi connectivity index (χ4n) is 3.43. The van der Waals surface area contributed by atoms with Crippen LogP contribution in [0.4, 0.5) is 0 Å². The lowest BCUT2D eigenvalue weighted by atomic mass is 10.2. The van der Waals surface area contributed by atoms with Gasteiger partial charge in [0.15, 0.2) is 0 Å². The van der Waals surface area contributed by atoms with Crippen LogP contribution < -0.4 is 5.32 Å². The molecule has 1 aromatic rings. The molecule has 0 spiro atoms. The van der Waals surface area contributed by atoms with Gasteiger partial charge in [-0.3, -0.25) is 19.3 Å². The van der Waals surface area contributed by atoms with Gasteiger partial charge in [-0.25, -0.2) is 0 Å². The number of piperazine rings is 1. The summed E-state index contributed by atoms with van der Waals surface area (Å²) in [6, 6.07) is 9.82. The Morgan fingerprint density at radius 2 is 1.47 bits per heavy atom. The highest BCUT2D eigenvalue weighted by Gasteiger charge is 2.23. The van der Waals surface area contributed by atoms with Gasteiger partial charge in [0, 0.05) is 45.8 Å². The molecule has 2 fully saturated rings. The molecular weight excluding hydrogens is 404 g/mol. The van der Waals surface area contributed by atoms with E-state index in [-0.39, 0.29) is 17.7 Å². The third-order valence-electron chi connectivity index (χ3n) is 5.24. The van der Waals surface area contributed by atoms with Gasteiger partial charge in [0.05, 0.1) is 31.3 Å². The van der Waals surface area contributed by atoms with E-state index < -0.39 is 0 Å². The van der Waals surface area contributed by atoms with Crippen molar-refractivity contribution < 1.29 is 19.1 Å². The molecule has 8 nitrogen and oxygen atoms in total. The van der Waals surface area contributed by atoms with Crippen molar-refractivity contribution in [3.8, 4) is 0 Å². The zero-order valence-corrected chi connectivity index (χ0v) is 18.1. The number of amides is 3. The van der Waals surface area contributed by atoms with Crippen molar-refractivity contribution in [2.45, 2.75) is 6.54 Å². The number of ether oxygens (including phenoxy) is 1. The fourth-order valence-corrected chi connectivity index (χ4v) is 4.25. The molecule has 0 bridgehead atoms. The van der Waals surface area contributed by atoms with E-state index in [1.54, 1.807) is 4.90 Å². The summed E-state index contributed by atoms with van der Waals surface area (Å²) in [5, 5.41) is 2.94. The van der Waals surface area contributed by atoms with Crippen LogP contribution in [0.3, 0.4) is 0 Å². The molecule has 30 heavy (non-hydrogen) atoms. The van der Waals surface area contributed by atoms with E-state index >= 15 is 0 Å². The van der Waals surface area contributed by atoms with Crippen molar-refractivity contribution in [2.24, 2.45) is 0 Å². The number of thioether (sulfide) groups is 1. The summed E-state index contributed by atoms with van der Waals surface area (Å²) in [5.74, 6) is 0.766. The van der Waals surface area contributed by atoms with E-state index in [2.05, 4.69) is 10.2 Å². The molecule has 1 aromatic carbocycles. The summed E-state index contributed by atoms with van der Waals surface area (Å²) in [5.41, 5.74) is 1.07. The number of morpholine rings is 1. The minimum absolute atomic E-state index is 0.00388. The molecular formula is C21H30N4O4S. The average molecular weight is 435 g/mol. The van der Waals surface area contributed by atoms with Crippen LogP contribution in [-0.2, 0) is 25.7 Å². The zero-order valence-electron chi connectivity index (χ0n) is 17.3. The van der Waals surface area contributed by atoms with Crippen molar-refractivity contribution in [3.63, 3.8) is 0 Å². The third-order valence-corrected chi connectivity index (χ3v) is 6.14. The topological polar surface area (TPSA) is 82.2 Å². The summed E-state index contributed by atoms with van der Waals surface area (Å²) < 4.78 is 5.25. The van der Waals surface area contributed by atoms with Gasteiger partial charge in [0.25, 0.3) is 0 Å². The Labute approximate surface area is 181 Å². The van der Waals surface area contributed by atoms with E-state index in [0.717, 1.165) is 5.56 Å². The van der Waals surface area contributed by atoms with Crippen molar-refractivity contribution in [1.82, 2.24) is 20.0 Å². The van der Waals surface area contributed by atoms with Crippen LogP contribution in [-0.4, -0.2) is 103 Å². The van der Waals surface area contributed by atoms with Crippen LogP contribution in [0, 0.1) is 0 Å². The Balaban J connectivity index is 1.28. The highest BCUT2D eigenvalue weighted by atomic mass is 32.2. The molecule has 9 heteroatoms. The van der Waals surface area contributed by atoms with Crippen LogP contribution in [0.2, 0.25) is 0 Å². The predicted octanol–water partition coefficient (Wildman–Crippen LogP) is 0.0390. The predicted molar refractivity (Wildman–Crippen MR) is 116 cm³/mol. The maximum absolute atomic E-state index is 12.4. The van der Waals surface area contributed by atoms with Crippen LogP contribution >= 0.6 is 11.8 Å². The second-order valence-electron chi connectivity index (χ2n) is 7.41. The van der Waals surface area contributed by atoms with Gasteiger partial charge in [0.2, 0.25) is 17.7 Å². The molecule has 0 radical (unpaired) electrons. The lowest BCUT2D eigenvalue weighted by molar-refractivity contribution is -0.132. The smallest absolute Gasteiger partial charge is 0.234 e. The standard InChI is InChI=1S/C21H30N4O4S/c26-19(22-14-18-4-2-1-3-5-18)15-23-6-8-24(9-7-23)20(27)16-30-17-21(28)25-10-12-29-13-11-25/h1-5H,6-17H2,(H,22,26). The first kappa shape index (κ1) is 22.6. The molecule has 2 aliphatic heterocycles. The second kappa shape index (κ2) is 11.9. The second-order valence-corrected chi connectivity index (χ2v) is 8.39. The average Bonchev–Trinajstić information content (AvgIpc) is 2.79. The molecule has 0 unspecified atom stereocenters. The monoisotopic (exact) mass is 434 g/mol. The van der Waals surface area contributed by atoms with Gasteiger partial charge >= 0.3 is 0 Å². The van der Waals surface area contributed by atoms with Gasteiger partial charge in [0.1, 0.15) is 0 Å². The van der Waals surface area contributed by atoms with Gasteiger partial charge in [-0.15, -0.1) is 11.8 Å². The van der Waals surface area contributed by atoms with Crippen molar-refractivity contribution in [2.75, 3.05) is 70.5 Å². The molecule has 0 saturated carbocycles. The highest BCUT2D eigenvalue weighted by Crippen LogP contribution is 2.09. The first-order chi connectivity index (χ1) is 14.6. The Hall–Kier alpha value is -2.10. The molecule has 3 amide bonds. The number of carbonyl (C=O) groups is 3. The molecule has 1 N–H and O–H groups in total. The molecule has 0 aliphatic carbocycles. The van der Waals surface area contributed by atoms with Crippen molar-refractivity contribution in [1.29, 1.82) is 0 Å².